The largest absolute Gasteiger partial charge is 0.367 e. The van der Waals surface area contributed by atoms with Crippen LogP contribution in [0.1, 0.15) is 43.4 Å². The molecule has 1 aliphatic heterocycles. The molecule has 1 aromatic heterocycles. The van der Waals surface area contributed by atoms with Gasteiger partial charge in [0.1, 0.15) is 0 Å². The van der Waals surface area contributed by atoms with Crippen molar-refractivity contribution in [1.29, 1.82) is 0 Å². The van der Waals surface area contributed by atoms with Crippen molar-refractivity contribution in [3.05, 3.63) is 70.9 Å². The number of rotatable bonds is 9. The highest BCUT2D eigenvalue weighted by Gasteiger charge is 2.12. The third kappa shape index (κ3) is 6.49. The zero-order chi connectivity index (χ0) is 21.3. The lowest BCUT2D eigenvalue weighted by molar-refractivity contribution is 0.225. The lowest BCUT2D eigenvalue weighted by Crippen LogP contribution is -2.30. The third-order valence-corrected chi connectivity index (χ3v) is 5.97. The van der Waals surface area contributed by atoms with Crippen LogP contribution in [0.25, 0.3) is 11.4 Å². The maximum Gasteiger partial charge on any atom is 0.182 e. The number of halogens is 1. The van der Waals surface area contributed by atoms with Crippen LogP contribution in [0.3, 0.4) is 0 Å². The summed E-state index contributed by atoms with van der Waals surface area (Å²) in [6.07, 6.45) is 7.12. The van der Waals surface area contributed by atoms with Gasteiger partial charge in [0, 0.05) is 23.6 Å². The molecule has 0 spiro atoms. The molecule has 1 N–H and O–H groups in total. The lowest BCUT2D eigenvalue weighted by Gasteiger charge is -2.26. The second-order valence-electron chi connectivity index (χ2n) is 8.14. The molecular formula is C25H30ClN5. The Hall–Kier alpha value is -2.50. The number of anilines is 1. The summed E-state index contributed by atoms with van der Waals surface area (Å²) < 4.78 is 0. The molecule has 2 heterocycles. The van der Waals surface area contributed by atoms with Gasteiger partial charge < -0.3 is 10.2 Å². The van der Waals surface area contributed by atoms with Gasteiger partial charge in [-0.05, 0) is 75.1 Å². The number of benzene rings is 2. The topological polar surface area (TPSA) is 53.9 Å². The molecule has 5 nitrogen and oxygen atoms in total. The minimum absolute atomic E-state index is 0.623. The Bertz CT molecular complexity index is 940. The Morgan fingerprint density at radius 2 is 1.65 bits per heavy atom. The van der Waals surface area contributed by atoms with Crippen LogP contribution in [0.4, 0.5) is 5.82 Å². The molecule has 0 aliphatic carbocycles. The van der Waals surface area contributed by atoms with Gasteiger partial charge in [-0.2, -0.15) is 0 Å². The van der Waals surface area contributed by atoms with Gasteiger partial charge in [0.25, 0.3) is 0 Å². The van der Waals surface area contributed by atoms with Gasteiger partial charge in [0.05, 0.1) is 5.69 Å². The van der Waals surface area contributed by atoms with Gasteiger partial charge in [-0.25, -0.2) is 4.98 Å². The molecule has 1 aliphatic rings. The normalized spacial score (nSPS) is 14.5. The van der Waals surface area contributed by atoms with E-state index in [1.807, 2.05) is 30.3 Å². The maximum absolute atomic E-state index is 6.03. The Kier molecular flexibility index (Phi) is 7.86. The highest BCUT2D eigenvalue weighted by atomic mass is 35.5. The van der Waals surface area contributed by atoms with Crippen LogP contribution in [0.2, 0.25) is 5.02 Å². The molecule has 4 rings (SSSR count). The first kappa shape index (κ1) is 21.7. The average Bonchev–Trinajstić information content (AvgIpc) is 2.81. The van der Waals surface area contributed by atoms with E-state index in [2.05, 4.69) is 44.7 Å². The van der Waals surface area contributed by atoms with E-state index in [1.54, 1.807) is 0 Å². The predicted octanol–water partition coefficient (Wildman–Crippen LogP) is 5.46. The molecule has 162 valence electrons. The van der Waals surface area contributed by atoms with E-state index in [0.717, 1.165) is 30.0 Å². The number of nitrogens with one attached hydrogen (secondary N) is 1. The number of aromatic nitrogens is 3. The van der Waals surface area contributed by atoms with Crippen molar-refractivity contribution in [2.75, 3.05) is 31.5 Å². The monoisotopic (exact) mass is 435 g/mol. The van der Waals surface area contributed by atoms with Gasteiger partial charge in [-0.15, -0.1) is 10.2 Å². The minimum atomic E-state index is 0.623. The van der Waals surface area contributed by atoms with Crippen molar-refractivity contribution in [1.82, 2.24) is 20.1 Å². The van der Waals surface area contributed by atoms with Crippen molar-refractivity contribution in [2.45, 2.75) is 38.5 Å². The fraction of sp³-hybridized carbons (Fsp3) is 0.400. The van der Waals surface area contributed by atoms with E-state index in [-0.39, 0.29) is 0 Å². The van der Waals surface area contributed by atoms with Gasteiger partial charge in [0.15, 0.2) is 11.6 Å². The van der Waals surface area contributed by atoms with E-state index in [0.29, 0.717) is 17.3 Å². The molecule has 0 amide bonds. The summed E-state index contributed by atoms with van der Waals surface area (Å²) in [5, 5.41) is 13.1. The second kappa shape index (κ2) is 11.2. The average molecular weight is 436 g/mol. The first-order valence-electron chi connectivity index (χ1n) is 11.3. The highest BCUT2D eigenvalue weighted by molar-refractivity contribution is 6.30. The summed E-state index contributed by atoms with van der Waals surface area (Å²) in [5.41, 5.74) is 3.04. The number of piperidine rings is 1. The quantitative estimate of drug-likeness (QED) is 0.452. The second-order valence-corrected chi connectivity index (χ2v) is 8.57. The number of hydrogen-bond acceptors (Lipinski definition) is 5. The molecule has 0 unspecified atom stereocenters. The summed E-state index contributed by atoms with van der Waals surface area (Å²) in [6.45, 7) is 4.59. The summed E-state index contributed by atoms with van der Waals surface area (Å²) in [5.74, 6) is 1.40. The third-order valence-electron chi connectivity index (χ3n) is 5.72. The highest BCUT2D eigenvalue weighted by Crippen LogP contribution is 2.21. The zero-order valence-electron chi connectivity index (χ0n) is 17.9. The molecule has 2 aromatic carbocycles. The summed E-state index contributed by atoms with van der Waals surface area (Å²) >= 11 is 6.03. The maximum atomic E-state index is 6.03. The fourth-order valence-corrected chi connectivity index (χ4v) is 4.11. The molecule has 0 atom stereocenters. The Balaban J connectivity index is 1.41. The molecule has 0 saturated carbocycles. The van der Waals surface area contributed by atoms with E-state index in [1.165, 1.54) is 50.9 Å². The smallest absolute Gasteiger partial charge is 0.182 e. The molecular weight excluding hydrogens is 406 g/mol. The van der Waals surface area contributed by atoms with Crippen LogP contribution >= 0.6 is 11.6 Å². The van der Waals surface area contributed by atoms with Crippen molar-refractivity contribution >= 4 is 17.4 Å². The van der Waals surface area contributed by atoms with Crippen LogP contribution in [0, 0.1) is 0 Å². The van der Waals surface area contributed by atoms with Crippen molar-refractivity contribution < 1.29 is 0 Å². The van der Waals surface area contributed by atoms with E-state index >= 15 is 0 Å². The first-order valence-corrected chi connectivity index (χ1v) is 11.7. The van der Waals surface area contributed by atoms with Crippen LogP contribution in [-0.4, -0.2) is 46.3 Å². The van der Waals surface area contributed by atoms with Crippen LogP contribution in [0.15, 0.2) is 54.6 Å². The molecule has 0 bridgehead atoms. The van der Waals surface area contributed by atoms with Crippen LogP contribution in [0.5, 0.6) is 0 Å². The molecule has 3 aromatic rings. The molecule has 31 heavy (non-hydrogen) atoms. The zero-order valence-corrected chi connectivity index (χ0v) is 18.7. The SMILES string of the molecule is Clc1ccc(-c2nnc(NCCCCN3CCCCC3)c(Cc3ccccc3)n2)cc1. The number of hydrogen-bond donors (Lipinski definition) is 1. The van der Waals surface area contributed by atoms with Gasteiger partial charge in [-0.1, -0.05) is 48.4 Å². The van der Waals surface area contributed by atoms with Crippen molar-refractivity contribution in [3.8, 4) is 11.4 Å². The lowest BCUT2D eigenvalue weighted by atomic mass is 10.1. The first-order chi connectivity index (χ1) is 15.3. The number of nitrogens with zero attached hydrogens (tertiary/aromatic N) is 4. The number of likely N-dealkylation sites (tertiary alicyclic amines) is 1. The van der Waals surface area contributed by atoms with Crippen molar-refractivity contribution in [2.24, 2.45) is 0 Å². The molecule has 6 heteroatoms. The van der Waals surface area contributed by atoms with Gasteiger partial charge in [0.2, 0.25) is 0 Å². The Labute approximate surface area is 189 Å². The standard InChI is InChI=1S/C25H30ClN5/c26-22-13-11-21(12-14-22)24-28-23(19-20-9-3-1-4-10-20)25(30-29-24)27-15-5-8-18-31-16-6-2-7-17-31/h1,3-4,9-14H,2,5-8,15-19H2,(H,27,30). The minimum Gasteiger partial charge on any atom is -0.367 e. The molecule has 0 radical (unpaired) electrons. The Morgan fingerprint density at radius 3 is 2.42 bits per heavy atom. The fourth-order valence-electron chi connectivity index (χ4n) is 3.98. The Morgan fingerprint density at radius 1 is 0.871 bits per heavy atom. The molecule has 1 fully saturated rings. The van der Waals surface area contributed by atoms with Crippen LogP contribution < -0.4 is 5.32 Å². The summed E-state index contributed by atoms with van der Waals surface area (Å²) in [4.78, 5) is 7.44. The number of unbranched alkanes of at least 4 members (excludes halogenated alkanes) is 1. The predicted molar refractivity (Wildman–Crippen MR) is 128 cm³/mol. The van der Waals surface area contributed by atoms with Crippen molar-refractivity contribution in [3.63, 3.8) is 0 Å². The van der Waals surface area contributed by atoms with E-state index in [4.69, 9.17) is 16.6 Å². The van der Waals surface area contributed by atoms with Gasteiger partial charge >= 0.3 is 0 Å². The summed E-state index contributed by atoms with van der Waals surface area (Å²) in [6, 6.07) is 17.9. The van der Waals surface area contributed by atoms with E-state index < -0.39 is 0 Å². The summed E-state index contributed by atoms with van der Waals surface area (Å²) in [7, 11) is 0. The van der Waals surface area contributed by atoms with E-state index in [9.17, 15) is 0 Å². The molecule has 1 saturated heterocycles. The van der Waals surface area contributed by atoms with Gasteiger partial charge in [-0.3, -0.25) is 0 Å². The van der Waals surface area contributed by atoms with Crippen LogP contribution in [-0.2, 0) is 6.42 Å².